The number of hydrogen-bond acceptors (Lipinski definition) is 3. The lowest BCUT2D eigenvalue weighted by molar-refractivity contribution is 0.128. The van der Waals surface area contributed by atoms with Crippen LogP contribution in [0.5, 0.6) is 5.75 Å². The third kappa shape index (κ3) is 7.87. The van der Waals surface area contributed by atoms with Crippen LogP contribution in [0.3, 0.4) is 0 Å². The van der Waals surface area contributed by atoms with E-state index in [2.05, 4.69) is 10.3 Å². The van der Waals surface area contributed by atoms with E-state index in [1.165, 1.54) is 32.1 Å². The normalized spacial score (nSPS) is 15.8. The zero-order valence-corrected chi connectivity index (χ0v) is 16.1. The summed E-state index contributed by atoms with van der Waals surface area (Å²) in [5.74, 6) is 1.40. The van der Waals surface area contributed by atoms with Gasteiger partial charge in [-0.25, -0.2) is 0 Å². The third-order valence-corrected chi connectivity index (χ3v) is 3.90. The lowest BCUT2D eigenvalue weighted by atomic mass is 9.96. The molecule has 1 fully saturated rings. The highest BCUT2D eigenvalue weighted by Gasteiger charge is 2.12. The maximum Gasteiger partial charge on any atom is 0.188 e. The van der Waals surface area contributed by atoms with Gasteiger partial charge >= 0.3 is 0 Å². The Morgan fingerprint density at radius 1 is 1.22 bits per heavy atom. The van der Waals surface area contributed by atoms with Crippen LogP contribution in [0.4, 0.5) is 0 Å². The molecule has 3 N–H and O–H groups in total. The highest BCUT2D eigenvalue weighted by molar-refractivity contribution is 14.0. The Morgan fingerprint density at radius 2 is 1.91 bits per heavy atom. The fraction of sp³-hybridized carbons (Fsp3) is 0.588. The molecule has 5 nitrogen and oxygen atoms in total. The lowest BCUT2D eigenvalue weighted by Crippen LogP contribution is -2.41. The number of halogens is 1. The number of rotatable bonds is 7. The molecule has 0 radical (unpaired) electrons. The van der Waals surface area contributed by atoms with E-state index in [0.29, 0.717) is 31.8 Å². The first-order valence-electron chi connectivity index (χ1n) is 8.05. The molecule has 0 heterocycles. The highest BCUT2D eigenvalue weighted by Crippen LogP contribution is 2.17. The van der Waals surface area contributed by atoms with Crippen molar-refractivity contribution >= 4 is 29.9 Å². The van der Waals surface area contributed by atoms with Crippen LogP contribution in [-0.4, -0.2) is 32.3 Å². The summed E-state index contributed by atoms with van der Waals surface area (Å²) < 4.78 is 10.7. The molecule has 0 spiro atoms. The summed E-state index contributed by atoms with van der Waals surface area (Å²) in [5.41, 5.74) is 7.02. The van der Waals surface area contributed by atoms with E-state index >= 15 is 0 Å². The molecule has 0 saturated heterocycles. The van der Waals surface area contributed by atoms with Gasteiger partial charge in [0.15, 0.2) is 5.96 Å². The smallest absolute Gasteiger partial charge is 0.188 e. The minimum Gasteiger partial charge on any atom is -0.497 e. The van der Waals surface area contributed by atoms with Crippen LogP contribution in [0.25, 0.3) is 0 Å². The molecule has 1 saturated carbocycles. The molecule has 2 rings (SSSR count). The number of nitrogens with zero attached hydrogens (tertiary/aromatic N) is 1. The van der Waals surface area contributed by atoms with Crippen LogP contribution in [0.15, 0.2) is 29.3 Å². The standard InChI is InChI=1S/C17H27N3O2.HI/c1-21-16-9-7-14(8-10-16)13-22-12-11-19-17(18)20-15-5-3-2-4-6-15;/h7-10,15H,2-6,11-13H2,1H3,(H3,18,19,20);1H. The van der Waals surface area contributed by atoms with Crippen LogP contribution >= 0.6 is 24.0 Å². The van der Waals surface area contributed by atoms with Crippen LogP contribution in [0.1, 0.15) is 37.7 Å². The molecule has 130 valence electrons. The topological polar surface area (TPSA) is 68.9 Å². The molecule has 23 heavy (non-hydrogen) atoms. The van der Waals surface area contributed by atoms with Crippen molar-refractivity contribution in [2.24, 2.45) is 10.7 Å². The fourth-order valence-corrected chi connectivity index (χ4v) is 2.64. The second-order valence-corrected chi connectivity index (χ2v) is 5.65. The molecule has 0 aromatic heterocycles. The van der Waals surface area contributed by atoms with E-state index in [1.807, 2.05) is 24.3 Å². The summed E-state index contributed by atoms with van der Waals surface area (Å²) in [6, 6.07) is 8.37. The average molecular weight is 433 g/mol. The zero-order valence-electron chi connectivity index (χ0n) is 13.8. The van der Waals surface area contributed by atoms with Crippen molar-refractivity contribution < 1.29 is 9.47 Å². The summed E-state index contributed by atoms with van der Waals surface area (Å²) in [7, 11) is 1.66. The Balaban J connectivity index is 0.00000264. The van der Waals surface area contributed by atoms with Crippen LogP contribution in [0.2, 0.25) is 0 Å². The molecule has 0 atom stereocenters. The Labute approximate surface area is 156 Å². The number of benzene rings is 1. The van der Waals surface area contributed by atoms with Gasteiger partial charge < -0.3 is 20.5 Å². The summed E-state index contributed by atoms with van der Waals surface area (Å²) in [5, 5.41) is 3.30. The summed E-state index contributed by atoms with van der Waals surface area (Å²) in [6.07, 6.45) is 6.31. The summed E-state index contributed by atoms with van der Waals surface area (Å²) in [6.45, 7) is 1.73. The van der Waals surface area contributed by atoms with Crippen LogP contribution in [0, 0.1) is 0 Å². The quantitative estimate of drug-likeness (QED) is 0.300. The van der Waals surface area contributed by atoms with Crippen molar-refractivity contribution in [1.82, 2.24) is 5.32 Å². The maximum absolute atomic E-state index is 5.90. The van der Waals surface area contributed by atoms with Gasteiger partial charge in [-0.2, -0.15) is 0 Å². The first-order chi connectivity index (χ1) is 10.8. The van der Waals surface area contributed by atoms with Gasteiger partial charge in [-0.1, -0.05) is 31.4 Å². The van der Waals surface area contributed by atoms with Crippen molar-refractivity contribution in [2.45, 2.75) is 44.8 Å². The molecular weight excluding hydrogens is 405 g/mol. The highest BCUT2D eigenvalue weighted by atomic mass is 127. The zero-order chi connectivity index (χ0) is 15.6. The van der Waals surface area contributed by atoms with Crippen LogP contribution < -0.4 is 15.8 Å². The SMILES string of the molecule is COc1ccc(COCCN=C(N)NC2CCCCC2)cc1.I. The number of hydrogen-bond donors (Lipinski definition) is 2. The predicted octanol–water partition coefficient (Wildman–Crippen LogP) is 3.07. The third-order valence-electron chi connectivity index (χ3n) is 3.90. The second kappa shape index (κ2) is 11.5. The van der Waals surface area contributed by atoms with Crippen LogP contribution in [-0.2, 0) is 11.3 Å². The molecule has 6 heteroatoms. The number of nitrogens with two attached hydrogens (primary N) is 1. The van der Waals surface area contributed by atoms with E-state index in [-0.39, 0.29) is 24.0 Å². The van der Waals surface area contributed by atoms with E-state index in [4.69, 9.17) is 15.2 Å². The van der Waals surface area contributed by atoms with E-state index in [0.717, 1.165) is 11.3 Å². The Kier molecular flexibility index (Phi) is 10.0. The second-order valence-electron chi connectivity index (χ2n) is 5.65. The summed E-state index contributed by atoms with van der Waals surface area (Å²) in [4.78, 5) is 4.32. The Morgan fingerprint density at radius 3 is 2.57 bits per heavy atom. The van der Waals surface area contributed by atoms with Gasteiger partial charge in [-0.3, -0.25) is 4.99 Å². The minimum atomic E-state index is 0. The predicted molar refractivity (Wildman–Crippen MR) is 105 cm³/mol. The molecule has 0 aliphatic heterocycles. The van der Waals surface area contributed by atoms with Crippen molar-refractivity contribution in [2.75, 3.05) is 20.3 Å². The molecule has 0 unspecified atom stereocenters. The van der Waals surface area contributed by atoms with E-state index in [1.54, 1.807) is 7.11 Å². The Hall–Kier alpha value is -1.02. The molecule has 1 aliphatic carbocycles. The first kappa shape index (κ1) is 20.0. The van der Waals surface area contributed by atoms with Gasteiger partial charge in [0.1, 0.15) is 5.75 Å². The molecule has 0 bridgehead atoms. The molecule has 1 aromatic rings. The average Bonchev–Trinajstić information content (AvgIpc) is 2.56. The minimum absolute atomic E-state index is 0. The van der Waals surface area contributed by atoms with Gasteiger partial charge in [0.05, 0.1) is 26.9 Å². The van der Waals surface area contributed by atoms with E-state index < -0.39 is 0 Å². The maximum atomic E-state index is 5.90. The Bertz CT molecular complexity index is 459. The van der Waals surface area contributed by atoms with E-state index in [9.17, 15) is 0 Å². The van der Waals surface area contributed by atoms with Gasteiger partial charge in [0.25, 0.3) is 0 Å². The van der Waals surface area contributed by atoms with Crippen molar-refractivity contribution in [3.05, 3.63) is 29.8 Å². The number of guanidine groups is 1. The van der Waals surface area contributed by atoms with Crippen molar-refractivity contribution in [3.63, 3.8) is 0 Å². The largest absolute Gasteiger partial charge is 0.497 e. The van der Waals surface area contributed by atoms with Crippen molar-refractivity contribution in [3.8, 4) is 5.75 Å². The molecule has 1 aromatic carbocycles. The number of nitrogens with one attached hydrogen (secondary N) is 1. The lowest BCUT2D eigenvalue weighted by Gasteiger charge is -2.23. The number of methoxy groups -OCH3 is 1. The fourth-order valence-electron chi connectivity index (χ4n) is 2.64. The molecular formula is C17H28IN3O2. The first-order valence-corrected chi connectivity index (χ1v) is 8.05. The number of aliphatic imine (C=N–C) groups is 1. The molecule has 1 aliphatic rings. The van der Waals surface area contributed by atoms with Gasteiger partial charge in [-0.05, 0) is 30.5 Å². The van der Waals surface area contributed by atoms with Gasteiger partial charge in [-0.15, -0.1) is 24.0 Å². The summed E-state index contributed by atoms with van der Waals surface area (Å²) >= 11 is 0. The monoisotopic (exact) mass is 433 g/mol. The van der Waals surface area contributed by atoms with Gasteiger partial charge in [0.2, 0.25) is 0 Å². The van der Waals surface area contributed by atoms with Crippen molar-refractivity contribution in [1.29, 1.82) is 0 Å². The molecule has 0 amide bonds. The number of ether oxygens (including phenoxy) is 2. The van der Waals surface area contributed by atoms with Gasteiger partial charge in [0, 0.05) is 6.04 Å².